The number of allylic oxidation sites excluding steroid dienone is 1. The average molecular weight is 528 g/mol. The van der Waals surface area contributed by atoms with E-state index < -0.39 is 6.03 Å². The lowest BCUT2D eigenvalue weighted by Crippen LogP contribution is -2.48. The van der Waals surface area contributed by atoms with Crippen LogP contribution >= 0.6 is 11.6 Å². The highest BCUT2D eigenvalue weighted by atomic mass is 35.5. The second-order valence-electron chi connectivity index (χ2n) is 7.59. The van der Waals surface area contributed by atoms with Crippen molar-refractivity contribution in [2.45, 2.75) is 13.0 Å². The number of carbonyl (C=O) groups is 3. The number of urea groups is 1. The van der Waals surface area contributed by atoms with Gasteiger partial charge >= 0.3 is 6.03 Å². The molecule has 0 atom stereocenters. The van der Waals surface area contributed by atoms with Crippen LogP contribution in [0.3, 0.4) is 0 Å². The molecule has 0 aliphatic carbocycles. The highest BCUT2D eigenvalue weighted by Crippen LogP contribution is 2.21. The third-order valence-corrected chi connectivity index (χ3v) is 5.14. The molecule has 37 heavy (non-hydrogen) atoms. The van der Waals surface area contributed by atoms with E-state index in [1.807, 2.05) is 12.1 Å². The standard InChI is InChI=1S/C25H30ClN7O4/c1-29-23(35)12-14-33(17-34)25(36)31-24(32(2)16-18-3-5-19(26)6-4-18)30-20-7-9-21(10-8-20)37-22(15-28)11-13-27/h3-11,13,15,17H,12,14,16,27-28H2,1-2H3,(H,29,35)(H,30,31,36)/b13-11-,22-15+. The maximum absolute atomic E-state index is 12.8. The third kappa shape index (κ3) is 9.57. The largest absolute Gasteiger partial charge is 0.456 e. The monoisotopic (exact) mass is 527 g/mol. The summed E-state index contributed by atoms with van der Waals surface area (Å²) in [5, 5.41) is 5.70. The molecule has 0 unspecified atom stereocenters. The molecule has 0 radical (unpaired) electrons. The highest BCUT2D eigenvalue weighted by molar-refractivity contribution is 6.30. The first-order chi connectivity index (χ1) is 17.8. The van der Waals surface area contributed by atoms with Crippen LogP contribution in [0.15, 0.2) is 77.8 Å². The number of nitrogens with zero attached hydrogens (tertiary/aromatic N) is 3. The number of benzene rings is 2. The van der Waals surface area contributed by atoms with Crippen molar-refractivity contribution in [2.24, 2.45) is 16.5 Å². The smallest absolute Gasteiger partial charge is 0.330 e. The van der Waals surface area contributed by atoms with Crippen molar-refractivity contribution in [1.82, 2.24) is 20.4 Å². The minimum Gasteiger partial charge on any atom is -0.456 e. The predicted octanol–water partition coefficient (Wildman–Crippen LogP) is 2.41. The Bertz CT molecular complexity index is 1150. The first-order valence-corrected chi connectivity index (χ1v) is 11.5. The van der Waals surface area contributed by atoms with E-state index in [1.165, 1.54) is 25.5 Å². The van der Waals surface area contributed by atoms with Gasteiger partial charge in [-0.3, -0.25) is 19.8 Å². The van der Waals surface area contributed by atoms with Crippen molar-refractivity contribution in [3.05, 3.63) is 83.4 Å². The topological polar surface area (TPSA) is 155 Å². The van der Waals surface area contributed by atoms with Crippen LogP contribution in [0.2, 0.25) is 5.02 Å². The van der Waals surface area contributed by atoms with Crippen molar-refractivity contribution < 1.29 is 19.1 Å². The molecule has 0 spiro atoms. The van der Waals surface area contributed by atoms with Crippen molar-refractivity contribution in [1.29, 1.82) is 0 Å². The van der Waals surface area contributed by atoms with E-state index in [0.29, 0.717) is 35.2 Å². The molecule has 4 amide bonds. The zero-order chi connectivity index (χ0) is 27.2. The fraction of sp³-hybridized carbons (Fsp3) is 0.200. The molecule has 196 valence electrons. The van der Waals surface area contributed by atoms with E-state index in [1.54, 1.807) is 48.3 Å². The van der Waals surface area contributed by atoms with Crippen LogP contribution < -0.4 is 26.8 Å². The molecular formula is C25H30ClN7O4. The Morgan fingerprint density at radius 3 is 2.35 bits per heavy atom. The van der Waals surface area contributed by atoms with E-state index in [0.717, 1.165) is 10.5 Å². The van der Waals surface area contributed by atoms with Crippen molar-refractivity contribution in [3.8, 4) is 5.75 Å². The summed E-state index contributed by atoms with van der Waals surface area (Å²) in [6.07, 6.45) is 4.42. The molecule has 2 aromatic carbocycles. The van der Waals surface area contributed by atoms with Crippen LogP contribution in [-0.2, 0) is 16.1 Å². The van der Waals surface area contributed by atoms with Crippen LogP contribution in [0.1, 0.15) is 12.0 Å². The molecule has 0 aromatic heterocycles. The Hall–Kier alpha value is -4.51. The average Bonchev–Trinajstić information content (AvgIpc) is 2.90. The zero-order valence-electron chi connectivity index (χ0n) is 20.6. The number of rotatable bonds is 10. The molecule has 2 aromatic rings. The van der Waals surface area contributed by atoms with Gasteiger partial charge in [-0.25, -0.2) is 9.79 Å². The van der Waals surface area contributed by atoms with Crippen LogP contribution in [0.4, 0.5) is 10.5 Å². The van der Waals surface area contributed by atoms with Gasteiger partial charge in [0.25, 0.3) is 0 Å². The number of guanidine groups is 1. The Labute approximate surface area is 220 Å². The molecule has 0 fully saturated rings. The normalized spacial score (nSPS) is 11.6. The lowest BCUT2D eigenvalue weighted by molar-refractivity contribution is -0.121. The molecule has 0 heterocycles. The molecule has 0 aliphatic rings. The van der Waals surface area contributed by atoms with Gasteiger partial charge in [-0.15, -0.1) is 0 Å². The van der Waals surface area contributed by atoms with Crippen LogP contribution in [-0.4, -0.2) is 54.7 Å². The van der Waals surface area contributed by atoms with Gasteiger partial charge in [0.1, 0.15) is 11.5 Å². The molecule has 6 N–H and O–H groups in total. The van der Waals surface area contributed by atoms with Gasteiger partial charge in [0.05, 0.1) is 5.69 Å². The number of aliphatic imine (C=N–C) groups is 1. The molecule has 0 bridgehead atoms. The number of imide groups is 1. The number of carbonyl (C=O) groups excluding carboxylic acids is 3. The first kappa shape index (κ1) is 28.7. The van der Waals surface area contributed by atoms with E-state index in [4.69, 9.17) is 27.8 Å². The molecule has 0 aliphatic heterocycles. The van der Waals surface area contributed by atoms with Crippen molar-refractivity contribution in [2.75, 3.05) is 20.6 Å². The van der Waals surface area contributed by atoms with Gasteiger partial charge in [-0.1, -0.05) is 23.7 Å². The minimum absolute atomic E-state index is 0.0320. The Morgan fingerprint density at radius 1 is 1.11 bits per heavy atom. The minimum atomic E-state index is -0.730. The third-order valence-electron chi connectivity index (χ3n) is 4.89. The summed E-state index contributed by atoms with van der Waals surface area (Å²) >= 11 is 5.98. The zero-order valence-corrected chi connectivity index (χ0v) is 21.3. The summed E-state index contributed by atoms with van der Waals surface area (Å²) < 4.78 is 5.62. The molecule has 0 saturated heterocycles. The lowest BCUT2D eigenvalue weighted by atomic mass is 10.2. The molecular weight excluding hydrogens is 498 g/mol. The summed E-state index contributed by atoms with van der Waals surface area (Å²) in [6.45, 7) is 0.288. The van der Waals surface area contributed by atoms with Gasteiger partial charge in [0.2, 0.25) is 18.3 Å². The summed E-state index contributed by atoms with van der Waals surface area (Å²) in [5.74, 6) is 0.731. The Kier molecular flexibility index (Phi) is 11.5. The number of hydrogen-bond donors (Lipinski definition) is 4. The van der Waals surface area contributed by atoms with Gasteiger partial charge in [0.15, 0.2) is 0 Å². The number of nitrogens with two attached hydrogens (primary N) is 2. The SMILES string of the molecule is CNC(=O)CCN(C=O)C(=O)NC(=Nc1ccc(OC(/C=C\N)=C/N)cc1)N(C)Cc1ccc(Cl)cc1. The summed E-state index contributed by atoms with van der Waals surface area (Å²) in [5.41, 5.74) is 12.3. The summed E-state index contributed by atoms with van der Waals surface area (Å²) in [6, 6.07) is 13.2. The van der Waals surface area contributed by atoms with E-state index in [9.17, 15) is 14.4 Å². The van der Waals surface area contributed by atoms with E-state index >= 15 is 0 Å². The lowest BCUT2D eigenvalue weighted by Gasteiger charge is -2.24. The van der Waals surface area contributed by atoms with Crippen LogP contribution in [0.5, 0.6) is 5.75 Å². The summed E-state index contributed by atoms with van der Waals surface area (Å²) in [7, 11) is 3.21. The van der Waals surface area contributed by atoms with Gasteiger partial charge in [-0.2, -0.15) is 0 Å². The molecule has 2 rings (SSSR count). The van der Waals surface area contributed by atoms with Crippen LogP contribution in [0.25, 0.3) is 0 Å². The Morgan fingerprint density at radius 2 is 1.78 bits per heavy atom. The number of nitrogens with one attached hydrogen (secondary N) is 2. The Balaban J connectivity index is 2.28. The highest BCUT2D eigenvalue weighted by Gasteiger charge is 2.18. The van der Waals surface area contributed by atoms with E-state index in [2.05, 4.69) is 15.6 Å². The summed E-state index contributed by atoms with van der Waals surface area (Å²) in [4.78, 5) is 43.0. The number of hydrogen-bond acceptors (Lipinski definition) is 7. The number of halogens is 1. The first-order valence-electron chi connectivity index (χ1n) is 11.2. The van der Waals surface area contributed by atoms with Crippen molar-refractivity contribution in [3.63, 3.8) is 0 Å². The second kappa shape index (κ2) is 14.8. The quantitative estimate of drug-likeness (QED) is 0.121. The van der Waals surface area contributed by atoms with Gasteiger partial charge in [-0.05, 0) is 54.2 Å². The maximum atomic E-state index is 12.8. The van der Waals surface area contributed by atoms with Crippen molar-refractivity contribution >= 4 is 41.6 Å². The predicted molar refractivity (Wildman–Crippen MR) is 143 cm³/mol. The van der Waals surface area contributed by atoms with Crippen LogP contribution in [0, 0.1) is 0 Å². The van der Waals surface area contributed by atoms with E-state index in [-0.39, 0.29) is 24.8 Å². The molecule has 11 nitrogen and oxygen atoms in total. The van der Waals surface area contributed by atoms with Gasteiger partial charge < -0.3 is 26.4 Å². The molecule has 12 heteroatoms. The fourth-order valence-corrected chi connectivity index (χ4v) is 3.06. The second-order valence-corrected chi connectivity index (χ2v) is 8.03. The van der Waals surface area contributed by atoms with Gasteiger partial charge in [0, 0.05) is 44.8 Å². The maximum Gasteiger partial charge on any atom is 0.330 e. The fourth-order valence-electron chi connectivity index (χ4n) is 2.93. The molecule has 0 saturated carbocycles. The number of ether oxygens (including phenoxy) is 1. The number of amides is 4.